The fraction of sp³-hybridized carbons (Fsp3) is 0.250. The van der Waals surface area contributed by atoms with Gasteiger partial charge in [-0.25, -0.2) is 0 Å². The van der Waals surface area contributed by atoms with Gasteiger partial charge in [0.2, 0.25) is 5.75 Å². The molecule has 1 N–H and O–H groups in total. The van der Waals surface area contributed by atoms with Crippen LogP contribution in [0.15, 0.2) is 29.1 Å². The molecule has 6 nitrogen and oxygen atoms in total. The monoisotopic (exact) mass is 250 g/mol. The summed E-state index contributed by atoms with van der Waals surface area (Å²) in [5.41, 5.74) is 1.52. The second kappa shape index (κ2) is 5.31. The molecule has 2 aromatic rings. The largest absolute Gasteiger partial charge is 0.493 e. The third-order valence-corrected chi connectivity index (χ3v) is 2.39. The molecule has 18 heavy (non-hydrogen) atoms. The molecule has 0 atom stereocenters. The zero-order valence-electron chi connectivity index (χ0n) is 10.4. The maximum atomic E-state index is 5.25. The first kappa shape index (κ1) is 12.1. The molecule has 0 saturated heterocycles. The number of nitrogens with one attached hydrogen (secondary N) is 1. The van der Waals surface area contributed by atoms with E-state index in [4.69, 9.17) is 18.7 Å². The van der Waals surface area contributed by atoms with Crippen LogP contribution in [0.1, 0.15) is 0 Å². The lowest BCUT2D eigenvalue weighted by Crippen LogP contribution is -1.97. The van der Waals surface area contributed by atoms with Gasteiger partial charge in [0, 0.05) is 17.8 Å². The number of aromatic nitrogens is 1. The Kier molecular flexibility index (Phi) is 3.57. The Morgan fingerprint density at radius 3 is 2.11 bits per heavy atom. The van der Waals surface area contributed by atoms with Gasteiger partial charge in [-0.05, 0) is 0 Å². The fourth-order valence-electron chi connectivity index (χ4n) is 1.59. The van der Waals surface area contributed by atoms with Crippen molar-refractivity contribution in [3.63, 3.8) is 0 Å². The Labute approximate surface area is 104 Å². The molecule has 0 aliphatic heterocycles. The predicted molar refractivity (Wildman–Crippen MR) is 65.9 cm³/mol. The highest BCUT2D eigenvalue weighted by Crippen LogP contribution is 2.40. The minimum atomic E-state index is 0.552. The van der Waals surface area contributed by atoms with Crippen molar-refractivity contribution in [1.29, 1.82) is 0 Å². The number of ether oxygens (including phenoxy) is 3. The number of anilines is 2. The van der Waals surface area contributed by atoms with Gasteiger partial charge in [0.05, 0.1) is 33.2 Å². The number of methoxy groups -OCH3 is 3. The van der Waals surface area contributed by atoms with Gasteiger partial charge in [-0.3, -0.25) is 0 Å². The number of hydrogen-bond donors (Lipinski definition) is 1. The van der Waals surface area contributed by atoms with Gasteiger partial charge in [-0.1, -0.05) is 5.16 Å². The molecule has 0 radical (unpaired) electrons. The molecule has 96 valence electrons. The maximum Gasteiger partial charge on any atom is 0.203 e. The first-order valence-electron chi connectivity index (χ1n) is 5.25. The summed E-state index contributed by atoms with van der Waals surface area (Å²) in [6.07, 6.45) is 3.08. The molecule has 0 bridgehead atoms. The second-order valence-corrected chi connectivity index (χ2v) is 3.45. The number of benzene rings is 1. The SMILES string of the molecule is COc1cc(Nc2cnoc2)cc(OC)c1OC. The molecule has 1 aromatic heterocycles. The van der Waals surface area contributed by atoms with Gasteiger partial charge in [-0.15, -0.1) is 0 Å². The Bertz CT molecular complexity index is 486. The fourth-order valence-corrected chi connectivity index (χ4v) is 1.59. The van der Waals surface area contributed by atoms with Gasteiger partial charge in [0.1, 0.15) is 6.26 Å². The zero-order valence-corrected chi connectivity index (χ0v) is 10.4. The van der Waals surface area contributed by atoms with Crippen LogP contribution in [0, 0.1) is 0 Å². The van der Waals surface area contributed by atoms with Crippen LogP contribution < -0.4 is 19.5 Å². The smallest absolute Gasteiger partial charge is 0.203 e. The lowest BCUT2D eigenvalue weighted by atomic mass is 10.2. The zero-order chi connectivity index (χ0) is 13.0. The first-order chi connectivity index (χ1) is 8.78. The lowest BCUT2D eigenvalue weighted by Gasteiger charge is -2.14. The summed E-state index contributed by atoms with van der Waals surface area (Å²) in [7, 11) is 4.70. The van der Waals surface area contributed by atoms with Crippen molar-refractivity contribution in [1.82, 2.24) is 5.16 Å². The Hall–Kier alpha value is -2.37. The molecule has 0 aliphatic rings. The van der Waals surface area contributed by atoms with Crippen LogP contribution in [-0.2, 0) is 0 Å². The highest BCUT2D eigenvalue weighted by atomic mass is 16.5. The topological polar surface area (TPSA) is 65.8 Å². The number of hydrogen-bond acceptors (Lipinski definition) is 6. The van der Waals surface area contributed by atoms with Crippen LogP contribution in [0.2, 0.25) is 0 Å². The van der Waals surface area contributed by atoms with Crippen molar-refractivity contribution in [3.05, 3.63) is 24.6 Å². The van der Waals surface area contributed by atoms with E-state index in [9.17, 15) is 0 Å². The molecule has 0 amide bonds. The average Bonchev–Trinajstić information content (AvgIpc) is 2.90. The van der Waals surface area contributed by atoms with Gasteiger partial charge in [0.25, 0.3) is 0 Å². The van der Waals surface area contributed by atoms with Crippen LogP contribution in [-0.4, -0.2) is 26.5 Å². The molecule has 1 heterocycles. The van der Waals surface area contributed by atoms with E-state index in [-0.39, 0.29) is 0 Å². The molecule has 0 unspecified atom stereocenters. The number of nitrogens with zero attached hydrogens (tertiary/aromatic N) is 1. The van der Waals surface area contributed by atoms with E-state index in [0.29, 0.717) is 17.2 Å². The van der Waals surface area contributed by atoms with Crippen LogP contribution >= 0.6 is 0 Å². The van der Waals surface area contributed by atoms with E-state index >= 15 is 0 Å². The normalized spacial score (nSPS) is 9.94. The van der Waals surface area contributed by atoms with E-state index in [2.05, 4.69) is 10.5 Å². The third-order valence-electron chi connectivity index (χ3n) is 2.39. The molecular formula is C12H14N2O4. The average molecular weight is 250 g/mol. The van der Waals surface area contributed by atoms with Crippen LogP contribution in [0.4, 0.5) is 11.4 Å². The Balaban J connectivity index is 2.37. The third kappa shape index (κ3) is 2.32. The van der Waals surface area contributed by atoms with Crippen molar-refractivity contribution >= 4 is 11.4 Å². The van der Waals surface area contributed by atoms with Crippen LogP contribution in [0.25, 0.3) is 0 Å². The molecule has 0 aliphatic carbocycles. The summed E-state index contributed by atoms with van der Waals surface area (Å²) >= 11 is 0. The van der Waals surface area contributed by atoms with Crippen molar-refractivity contribution in [2.45, 2.75) is 0 Å². The predicted octanol–water partition coefficient (Wildman–Crippen LogP) is 2.44. The Morgan fingerprint density at radius 2 is 1.67 bits per heavy atom. The molecule has 6 heteroatoms. The highest BCUT2D eigenvalue weighted by Gasteiger charge is 2.13. The molecular weight excluding hydrogens is 236 g/mol. The van der Waals surface area contributed by atoms with Gasteiger partial charge >= 0.3 is 0 Å². The van der Waals surface area contributed by atoms with Crippen molar-refractivity contribution in [2.75, 3.05) is 26.6 Å². The van der Waals surface area contributed by atoms with E-state index in [0.717, 1.165) is 11.4 Å². The molecule has 0 spiro atoms. The molecule has 0 saturated carbocycles. The van der Waals surface area contributed by atoms with E-state index in [1.165, 1.54) is 6.26 Å². The summed E-state index contributed by atoms with van der Waals surface area (Å²) in [5, 5.41) is 6.73. The van der Waals surface area contributed by atoms with Crippen molar-refractivity contribution < 1.29 is 18.7 Å². The van der Waals surface area contributed by atoms with Crippen molar-refractivity contribution in [3.8, 4) is 17.2 Å². The first-order valence-corrected chi connectivity index (χ1v) is 5.25. The van der Waals surface area contributed by atoms with Gasteiger partial charge in [0.15, 0.2) is 11.5 Å². The van der Waals surface area contributed by atoms with Crippen LogP contribution in [0.3, 0.4) is 0 Å². The minimum absolute atomic E-state index is 0.552. The summed E-state index contributed by atoms with van der Waals surface area (Å²) < 4.78 is 20.5. The summed E-state index contributed by atoms with van der Waals surface area (Å²) in [5.74, 6) is 1.71. The molecule has 2 rings (SSSR count). The second-order valence-electron chi connectivity index (χ2n) is 3.45. The lowest BCUT2D eigenvalue weighted by molar-refractivity contribution is 0.324. The van der Waals surface area contributed by atoms with Crippen molar-refractivity contribution in [2.24, 2.45) is 0 Å². The summed E-state index contributed by atoms with van der Waals surface area (Å²) in [6, 6.07) is 3.60. The standard InChI is InChI=1S/C12H14N2O4/c1-15-10-4-8(14-9-6-13-18-7-9)5-11(16-2)12(10)17-3/h4-7,14H,1-3H3. The van der Waals surface area contributed by atoms with Gasteiger partial charge < -0.3 is 24.1 Å². The quantitative estimate of drug-likeness (QED) is 0.879. The van der Waals surface area contributed by atoms with E-state index in [1.807, 2.05) is 0 Å². The van der Waals surface area contributed by atoms with Crippen LogP contribution in [0.5, 0.6) is 17.2 Å². The van der Waals surface area contributed by atoms with E-state index in [1.54, 1.807) is 39.7 Å². The molecule has 0 fully saturated rings. The maximum absolute atomic E-state index is 5.25. The minimum Gasteiger partial charge on any atom is -0.493 e. The number of rotatable bonds is 5. The summed E-state index contributed by atoms with van der Waals surface area (Å²) in [4.78, 5) is 0. The van der Waals surface area contributed by atoms with Gasteiger partial charge in [-0.2, -0.15) is 0 Å². The Morgan fingerprint density at radius 1 is 1.00 bits per heavy atom. The molecule has 1 aromatic carbocycles. The highest BCUT2D eigenvalue weighted by molar-refractivity contribution is 5.67. The summed E-state index contributed by atoms with van der Waals surface area (Å²) in [6.45, 7) is 0. The van der Waals surface area contributed by atoms with E-state index < -0.39 is 0 Å².